The maximum absolute atomic E-state index is 12.5. The standard InChI is InChI=1S/C21H18O18/c22-13(23)4-10(16(28)29)37-19(34)7-1-8(20(35)38-11(17(30)31)5-14(24)25)3-9(2-7)21(36)39-12(18(32)33)6-15(26)27/h1-3,10-12H,4-6H2,(H,22,23)(H,24,25)(H,26,27)(H,28,29)(H,30,31)(H,32,33). The summed E-state index contributed by atoms with van der Waals surface area (Å²) in [5.74, 6) is -15.6. The average molecular weight is 558 g/mol. The summed E-state index contributed by atoms with van der Waals surface area (Å²) in [7, 11) is 0. The number of rotatable bonds is 15. The molecule has 0 bridgehead atoms. The lowest BCUT2D eigenvalue weighted by Gasteiger charge is -2.16. The van der Waals surface area contributed by atoms with Crippen LogP contribution in [-0.4, -0.2) is 103 Å². The predicted molar refractivity (Wildman–Crippen MR) is 114 cm³/mol. The van der Waals surface area contributed by atoms with Crippen LogP contribution in [0.25, 0.3) is 0 Å². The van der Waals surface area contributed by atoms with Gasteiger partial charge in [0, 0.05) is 0 Å². The summed E-state index contributed by atoms with van der Waals surface area (Å²) >= 11 is 0. The van der Waals surface area contributed by atoms with Gasteiger partial charge in [0.15, 0.2) is 0 Å². The van der Waals surface area contributed by atoms with Crippen LogP contribution in [0.5, 0.6) is 0 Å². The van der Waals surface area contributed by atoms with Crippen LogP contribution in [0.4, 0.5) is 0 Å². The second kappa shape index (κ2) is 13.7. The highest BCUT2D eigenvalue weighted by Gasteiger charge is 2.31. The van der Waals surface area contributed by atoms with Crippen LogP contribution in [0.15, 0.2) is 18.2 Å². The fourth-order valence-corrected chi connectivity index (χ4v) is 2.59. The van der Waals surface area contributed by atoms with Crippen LogP contribution >= 0.6 is 0 Å². The van der Waals surface area contributed by atoms with Crippen molar-refractivity contribution in [1.82, 2.24) is 0 Å². The topological polar surface area (TPSA) is 303 Å². The first-order chi connectivity index (χ1) is 18.0. The molecule has 3 atom stereocenters. The molecule has 0 saturated heterocycles. The van der Waals surface area contributed by atoms with E-state index in [1.807, 2.05) is 0 Å². The number of esters is 3. The molecule has 39 heavy (non-hydrogen) atoms. The molecule has 1 aromatic rings. The molecule has 1 aromatic carbocycles. The molecule has 18 nitrogen and oxygen atoms in total. The van der Waals surface area contributed by atoms with Crippen molar-refractivity contribution in [2.45, 2.75) is 37.6 Å². The molecule has 3 unspecified atom stereocenters. The highest BCUT2D eigenvalue weighted by molar-refractivity contribution is 6.02. The molecule has 0 saturated carbocycles. The first kappa shape index (κ1) is 31.5. The molecule has 0 amide bonds. The van der Waals surface area contributed by atoms with Crippen LogP contribution in [0.3, 0.4) is 0 Å². The highest BCUT2D eigenvalue weighted by Crippen LogP contribution is 2.18. The van der Waals surface area contributed by atoms with Crippen molar-refractivity contribution in [3.8, 4) is 0 Å². The largest absolute Gasteiger partial charge is 0.481 e. The molecular weight excluding hydrogens is 540 g/mol. The predicted octanol–water partition coefficient (Wildman–Crippen LogP) is -1.06. The molecule has 18 heteroatoms. The summed E-state index contributed by atoms with van der Waals surface area (Å²) in [6.07, 6.45) is -10.4. The smallest absolute Gasteiger partial charge is 0.345 e. The lowest BCUT2D eigenvalue weighted by atomic mass is 10.0. The van der Waals surface area contributed by atoms with Crippen LogP contribution in [0, 0.1) is 0 Å². The van der Waals surface area contributed by atoms with Crippen molar-refractivity contribution >= 4 is 53.7 Å². The Morgan fingerprint density at radius 2 is 0.667 bits per heavy atom. The number of carboxylic acid groups (broad SMARTS) is 6. The minimum atomic E-state index is -2.25. The normalized spacial score (nSPS) is 12.6. The van der Waals surface area contributed by atoms with E-state index in [2.05, 4.69) is 14.2 Å². The molecule has 0 aliphatic carbocycles. The summed E-state index contributed by atoms with van der Waals surface area (Å²) in [5.41, 5.74) is -2.53. The van der Waals surface area contributed by atoms with Gasteiger partial charge in [0.1, 0.15) is 0 Å². The zero-order valence-electron chi connectivity index (χ0n) is 19.2. The van der Waals surface area contributed by atoms with Crippen molar-refractivity contribution in [3.63, 3.8) is 0 Å². The lowest BCUT2D eigenvalue weighted by Crippen LogP contribution is -2.31. The number of carbonyl (C=O) groups is 9. The zero-order chi connectivity index (χ0) is 30.0. The SMILES string of the molecule is O=C(O)CC(OC(=O)c1cc(C(=O)OC(CC(=O)O)C(=O)O)cc(C(=O)OC(CC(=O)O)C(=O)O)c1)C(=O)O. The average Bonchev–Trinajstić information content (AvgIpc) is 2.81. The first-order valence-electron chi connectivity index (χ1n) is 10.1. The van der Waals surface area contributed by atoms with Crippen molar-refractivity contribution < 1.29 is 88.0 Å². The Kier molecular flexibility index (Phi) is 11.0. The number of hydrogen-bond donors (Lipinski definition) is 6. The number of ether oxygens (including phenoxy) is 3. The lowest BCUT2D eigenvalue weighted by molar-refractivity contribution is -0.153. The number of carboxylic acids is 6. The van der Waals surface area contributed by atoms with Gasteiger partial charge in [0.05, 0.1) is 36.0 Å². The third kappa shape index (κ3) is 10.1. The monoisotopic (exact) mass is 558 g/mol. The van der Waals surface area contributed by atoms with Gasteiger partial charge in [-0.3, -0.25) is 14.4 Å². The van der Waals surface area contributed by atoms with Gasteiger partial charge in [-0.2, -0.15) is 0 Å². The van der Waals surface area contributed by atoms with E-state index in [1.54, 1.807) is 0 Å². The minimum absolute atomic E-state index is 0.576. The Morgan fingerprint density at radius 3 is 0.821 bits per heavy atom. The Balaban J connectivity index is 3.51. The summed E-state index contributed by atoms with van der Waals surface area (Å²) in [4.78, 5) is 104. The summed E-state index contributed by atoms with van der Waals surface area (Å²) in [5, 5.41) is 53.5. The molecule has 210 valence electrons. The molecule has 0 aliphatic rings. The molecule has 1 rings (SSSR count). The van der Waals surface area contributed by atoms with Crippen molar-refractivity contribution in [2.75, 3.05) is 0 Å². The van der Waals surface area contributed by atoms with E-state index >= 15 is 0 Å². The van der Waals surface area contributed by atoms with Gasteiger partial charge < -0.3 is 44.8 Å². The molecule has 6 N–H and O–H groups in total. The highest BCUT2D eigenvalue weighted by atomic mass is 16.6. The van der Waals surface area contributed by atoms with Crippen LogP contribution in [0.2, 0.25) is 0 Å². The van der Waals surface area contributed by atoms with Gasteiger partial charge in [-0.25, -0.2) is 28.8 Å². The maximum atomic E-state index is 12.5. The molecule has 0 heterocycles. The minimum Gasteiger partial charge on any atom is -0.481 e. The molecule has 0 radical (unpaired) electrons. The second-order valence-electron chi connectivity index (χ2n) is 7.29. The van der Waals surface area contributed by atoms with Crippen molar-refractivity contribution in [2.24, 2.45) is 0 Å². The third-order valence-electron chi connectivity index (χ3n) is 4.29. The quantitative estimate of drug-likeness (QED) is 0.110. The second-order valence-corrected chi connectivity index (χ2v) is 7.29. The Labute approximate surface area is 214 Å². The molecule has 0 spiro atoms. The van der Waals surface area contributed by atoms with E-state index in [4.69, 9.17) is 30.6 Å². The Bertz CT molecular complexity index is 1050. The Morgan fingerprint density at radius 1 is 0.462 bits per heavy atom. The Hall–Kier alpha value is -5.55. The van der Waals surface area contributed by atoms with Gasteiger partial charge in [-0.05, 0) is 18.2 Å². The van der Waals surface area contributed by atoms with E-state index in [0.29, 0.717) is 18.2 Å². The molecule has 0 aliphatic heterocycles. The summed E-state index contributed by atoms with van der Waals surface area (Å²) in [6, 6.07) is 1.73. The molecule has 0 fully saturated rings. The van der Waals surface area contributed by atoms with Gasteiger partial charge in [0.2, 0.25) is 18.3 Å². The summed E-state index contributed by atoms with van der Waals surface area (Å²) in [6.45, 7) is 0. The fraction of sp³-hybridized carbons (Fsp3) is 0.286. The molecule has 0 aromatic heterocycles. The van der Waals surface area contributed by atoms with Gasteiger partial charge >= 0.3 is 53.7 Å². The summed E-state index contributed by atoms with van der Waals surface area (Å²) < 4.78 is 13.7. The van der Waals surface area contributed by atoms with E-state index in [0.717, 1.165) is 0 Å². The number of carbonyl (C=O) groups excluding carboxylic acids is 3. The van der Waals surface area contributed by atoms with Crippen LogP contribution in [0.1, 0.15) is 50.3 Å². The van der Waals surface area contributed by atoms with E-state index in [9.17, 15) is 43.2 Å². The van der Waals surface area contributed by atoms with Crippen molar-refractivity contribution in [1.29, 1.82) is 0 Å². The maximum Gasteiger partial charge on any atom is 0.345 e. The van der Waals surface area contributed by atoms with E-state index < -0.39 is 108 Å². The van der Waals surface area contributed by atoms with Crippen molar-refractivity contribution in [3.05, 3.63) is 34.9 Å². The first-order valence-corrected chi connectivity index (χ1v) is 10.1. The van der Waals surface area contributed by atoms with Crippen LogP contribution < -0.4 is 0 Å². The number of hydrogen-bond acceptors (Lipinski definition) is 12. The zero-order valence-corrected chi connectivity index (χ0v) is 19.2. The fourth-order valence-electron chi connectivity index (χ4n) is 2.59. The van der Waals surface area contributed by atoms with E-state index in [1.165, 1.54) is 0 Å². The number of benzene rings is 1. The number of aliphatic carboxylic acids is 6. The molecular formula is C21H18O18. The van der Waals surface area contributed by atoms with Gasteiger partial charge in [-0.15, -0.1) is 0 Å². The van der Waals surface area contributed by atoms with Crippen LogP contribution in [-0.2, 0) is 43.0 Å². The van der Waals surface area contributed by atoms with E-state index in [-0.39, 0.29) is 0 Å². The third-order valence-corrected chi connectivity index (χ3v) is 4.29. The van der Waals surface area contributed by atoms with Gasteiger partial charge in [-0.1, -0.05) is 0 Å². The van der Waals surface area contributed by atoms with Gasteiger partial charge in [0.25, 0.3) is 0 Å².